The minimum Gasteiger partial charge on any atom is -0.341 e. The molecule has 120 valence electrons. The number of nitrogens with one attached hydrogen (secondary N) is 2. The van der Waals surface area contributed by atoms with Gasteiger partial charge in [-0.1, -0.05) is 18.5 Å². The monoisotopic (exact) mass is 331 g/mol. The van der Waals surface area contributed by atoms with Crippen LogP contribution in [0.5, 0.6) is 0 Å². The molecule has 1 fully saturated rings. The van der Waals surface area contributed by atoms with Gasteiger partial charge in [0.05, 0.1) is 11.7 Å². The van der Waals surface area contributed by atoms with Crippen LogP contribution in [0, 0.1) is 11.6 Å². The number of anilines is 1. The van der Waals surface area contributed by atoms with E-state index in [1.54, 1.807) is 4.90 Å². The van der Waals surface area contributed by atoms with Crippen molar-refractivity contribution in [3.63, 3.8) is 0 Å². The summed E-state index contributed by atoms with van der Waals surface area (Å²) < 4.78 is 26.4. The second kappa shape index (κ2) is 6.91. The van der Waals surface area contributed by atoms with Gasteiger partial charge in [-0.25, -0.2) is 13.6 Å². The molecule has 1 aliphatic rings. The summed E-state index contributed by atoms with van der Waals surface area (Å²) in [5.74, 6) is -1.83. The zero-order chi connectivity index (χ0) is 16.3. The molecule has 1 aliphatic heterocycles. The largest absolute Gasteiger partial charge is 0.341 e. The van der Waals surface area contributed by atoms with Gasteiger partial charge in [-0.05, 0) is 12.5 Å². The highest BCUT2D eigenvalue weighted by atomic mass is 35.5. The summed E-state index contributed by atoms with van der Waals surface area (Å²) in [7, 11) is 0. The summed E-state index contributed by atoms with van der Waals surface area (Å²) in [6, 6.07) is 0.553. The zero-order valence-corrected chi connectivity index (χ0v) is 12.7. The van der Waals surface area contributed by atoms with Gasteiger partial charge in [0.2, 0.25) is 5.91 Å². The molecule has 2 rings (SSSR count). The van der Waals surface area contributed by atoms with E-state index in [9.17, 15) is 18.4 Å². The number of benzene rings is 1. The smallest absolute Gasteiger partial charge is 0.319 e. The molecule has 1 heterocycles. The van der Waals surface area contributed by atoms with Crippen LogP contribution in [0.4, 0.5) is 19.3 Å². The molecule has 1 saturated heterocycles. The second-order valence-electron chi connectivity index (χ2n) is 5.09. The predicted octanol–water partition coefficient (Wildman–Crippen LogP) is 2.75. The average molecular weight is 332 g/mol. The van der Waals surface area contributed by atoms with Crippen LogP contribution in [0.25, 0.3) is 0 Å². The average Bonchev–Trinajstić information content (AvgIpc) is 2.76. The molecular formula is C14H16ClF2N3O2. The fourth-order valence-electron chi connectivity index (χ4n) is 2.35. The summed E-state index contributed by atoms with van der Waals surface area (Å²) in [4.78, 5) is 25.2. The zero-order valence-electron chi connectivity index (χ0n) is 12.0. The normalized spacial score (nSPS) is 17.7. The summed E-state index contributed by atoms with van der Waals surface area (Å²) in [5.41, 5.74) is -0.161. The summed E-state index contributed by atoms with van der Waals surface area (Å²) in [6.07, 6.45) is 1.04. The fraction of sp³-hybridized carbons (Fsp3) is 0.429. The van der Waals surface area contributed by atoms with Crippen molar-refractivity contribution >= 4 is 29.2 Å². The van der Waals surface area contributed by atoms with Crippen LogP contribution in [0.15, 0.2) is 12.1 Å². The first kappa shape index (κ1) is 16.5. The molecule has 0 bridgehead atoms. The third-order valence-electron chi connectivity index (χ3n) is 3.28. The highest BCUT2D eigenvalue weighted by Gasteiger charge is 2.30. The molecule has 1 aromatic rings. The molecule has 5 nitrogen and oxygen atoms in total. The van der Waals surface area contributed by atoms with Crippen molar-refractivity contribution < 1.29 is 18.4 Å². The lowest BCUT2D eigenvalue weighted by atomic mass is 10.2. The summed E-state index contributed by atoms with van der Waals surface area (Å²) >= 11 is 5.67. The Bertz CT molecular complexity index is 598. The lowest BCUT2D eigenvalue weighted by Crippen LogP contribution is -2.39. The van der Waals surface area contributed by atoms with Gasteiger partial charge in [0.25, 0.3) is 0 Å². The molecule has 0 aliphatic carbocycles. The van der Waals surface area contributed by atoms with Crippen molar-refractivity contribution in [1.29, 1.82) is 0 Å². The van der Waals surface area contributed by atoms with Crippen LogP contribution in [0.1, 0.15) is 19.8 Å². The third kappa shape index (κ3) is 3.85. The van der Waals surface area contributed by atoms with Crippen LogP contribution < -0.4 is 10.6 Å². The number of hydrogen-bond donors (Lipinski definition) is 2. The molecule has 22 heavy (non-hydrogen) atoms. The summed E-state index contributed by atoms with van der Waals surface area (Å²) in [6.45, 7) is 3.02. The van der Waals surface area contributed by atoms with Crippen LogP contribution >= 0.6 is 11.6 Å². The van der Waals surface area contributed by atoms with Crippen LogP contribution in [-0.2, 0) is 4.79 Å². The Hall–Kier alpha value is -1.89. The van der Waals surface area contributed by atoms with E-state index in [1.165, 1.54) is 0 Å². The molecule has 1 atom stereocenters. The Morgan fingerprint density at radius 3 is 2.86 bits per heavy atom. The minimum atomic E-state index is -0.956. The number of amides is 3. The quantitative estimate of drug-likeness (QED) is 0.833. The maximum absolute atomic E-state index is 13.3. The first-order valence-corrected chi connectivity index (χ1v) is 7.28. The Labute approximate surface area is 131 Å². The third-order valence-corrected chi connectivity index (χ3v) is 3.67. The molecule has 0 spiro atoms. The summed E-state index contributed by atoms with van der Waals surface area (Å²) in [5, 5.41) is 4.52. The van der Waals surface area contributed by atoms with E-state index in [0.717, 1.165) is 12.5 Å². The Morgan fingerprint density at radius 2 is 2.18 bits per heavy atom. The van der Waals surface area contributed by atoms with Crippen LogP contribution in [-0.4, -0.2) is 36.0 Å². The van der Waals surface area contributed by atoms with E-state index >= 15 is 0 Å². The van der Waals surface area contributed by atoms with Crippen molar-refractivity contribution in [3.8, 4) is 0 Å². The van der Waals surface area contributed by atoms with Gasteiger partial charge in [0.1, 0.15) is 16.7 Å². The molecule has 1 aromatic carbocycles. The van der Waals surface area contributed by atoms with Gasteiger partial charge in [-0.2, -0.15) is 0 Å². The SMILES string of the molecule is CCCN1C[C@H](NC(=O)Nc2cc(F)cc(F)c2Cl)CC1=O. The van der Waals surface area contributed by atoms with Crippen molar-refractivity contribution in [1.82, 2.24) is 10.2 Å². The Balaban J connectivity index is 1.96. The molecule has 0 unspecified atom stereocenters. The number of carbonyl (C=O) groups excluding carboxylic acids is 2. The van der Waals surface area contributed by atoms with Gasteiger partial charge in [0, 0.05) is 25.6 Å². The maximum atomic E-state index is 13.3. The molecule has 8 heteroatoms. The molecular weight excluding hydrogens is 316 g/mol. The van der Waals surface area contributed by atoms with Gasteiger partial charge in [-0.15, -0.1) is 0 Å². The standard InChI is InChI=1S/C14H16ClF2N3O2/c1-2-3-20-7-9(6-12(20)21)18-14(22)19-11-5-8(16)4-10(17)13(11)15/h4-5,9H,2-3,6-7H2,1H3,(H2,18,19,22)/t9-/m1/s1. The van der Waals surface area contributed by atoms with Gasteiger partial charge in [0.15, 0.2) is 0 Å². The van der Waals surface area contributed by atoms with Crippen molar-refractivity contribution in [3.05, 3.63) is 28.8 Å². The van der Waals surface area contributed by atoms with Gasteiger partial charge in [-0.3, -0.25) is 4.79 Å². The van der Waals surface area contributed by atoms with Gasteiger partial charge >= 0.3 is 6.03 Å². The number of hydrogen-bond acceptors (Lipinski definition) is 2. The molecule has 0 radical (unpaired) electrons. The van der Waals surface area contributed by atoms with E-state index in [1.807, 2.05) is 6.92 Å². The van der Waals surface area contributed by atoms with Gasteiger partial charge < -0.3 is 15.5 Å². The molecule has 0 saturated carbocycles. The number of halogens is 3. The number of rotatable bonds is 4. The highest BCUT2D eigenvalue weighted by molar-refractivity contribution is 6.33. The molecule has 2 N–H and O–H groups in total. The van der Waals surface area contributed by atoms with E-state index in [4.69, 9.17) is 11.6 Å². The van der Waals surface area contributed by atoms with Crippen molar-refractivity contribution in [2.24, 2.45) is 0 Å². The van der Waals surface area contributed by atoms with E-state index in [2.05, 4.69) is 10.6 Å². The van der Waals surface area contributed by atoms with E-state index < -0.39 is 17.7 Å². The van der Waals surface area contributed by atoms with Crippen LogP contribution in [0.2, 0.25) is 5.02 Å². The first-order valence-electron chi connectivity index (χ1n) is 6.90. The molecule has 3 amide bonds. The van der Waals surface area contributed by atoms with Crippen molar-refractivity contribution in [2.45, 2.75) is 25.8 Å². The number of likely N-dealkylation sites (tertiary alicyclic amines) is 1. The lowest BCUT2D eigenvalue weighted by Gasteiger charge is -2.16. The Morgan fingerprint density at radius 1 is 1.45 bits per heavy atom. The number of urea groups is 1. The minimum absolute atomic E-state index is 0.0259. The van der Waals surface area contributed by atoms with E-state index in [-0.39, 0.29) is 29.1 Å². The lowest BCUT2D eigenvalue weighted by molar-refractivity contribution is -0.127. The fourth-order valence-corrected chi connectivity index (χ4v) is 2.50. The van der Waals surface area contributed by atoms with Crippen molar-refractivity contribution in [2.75, 3.05) is 18.4 Å². The topological polar surface area (TPSA) is 61.4 Å². The van der Waals surface area contributed by atoms with Crippen LogP contribution in [0.3, 0.4) is 0 Å². The molecule has 0 aromatic heterocycles. The maximum Gasteiger partial charge on any atom is 0.319 e. The number of carbonyl (C=O) groups is 2. The highest BCUT2D eigenvalue weighted by Crippen LogP contribution is 2.26. The predicted molar refractivity (Wildman–Crippen MR) is 78.8 cm³/mol. The second-order valence-corrected chi connectivity index (χ2v) is 5.47. The Kier molecular flexibility index (Phi) is 5.18. The first-order chi connectivity index (χ1) is 10.4. The number of nitrogens with zero attached hydrogens (tertiary/aromatic N) is 1. The van der Waals surface area contributed by atoms with E-state index in [0.29, 0.717) is 19.2 Å².